The second-order valence-corrected chi connectivity index (χ2v) is 6.05. The molecule has 2 nitrogen and oxygen atoms in total. The molecule has 0 saturated carbocycles. The third-order valence-corrected chi connectivity index (χ3v) is 4.61. The van der Waals surface area contributed by atoms with Crippen molar-refractivity contribution in [1.29, 1.82) is 0 Å². The number of nitrogens with zero attached hydrogens (tertiary/aromatic N) is 2. The average molecular weight is 281 g/mol. The molecule has 1 aromatic heterocycles. The van der Waals surface area contributed by atoms with Crippen molar-refractivity contribution < 1.29 is 0 Å². The van der Waals surface area contributed by atoms with Gasteiger partial charge in [0, 0.05) is 6.42 Å². The molecule has 0 saturated heterocycles. The van der Waals surface area contributed by atoms with E-state index in [1.807, 2.05) is 30.3 Å². The van der Waals surface area contributed by atoms with Crippen molar-refractivity contribution in [3.63, 3.8) is 0 Å². The molecule has 2 unspecified atom stereocenters. The van der Waals surface area contributed by atoms with Crippen LogP contribution in [0.25, 0.3) is 0 Å². The standard InChI is InChI=1S/C14H17ClN2S/c1-3-10(2)9-12-16-17-14(18-12)13(15)11-7-5-4-6-8-11/h4-8,10,13H,3,9H2,1-2H3. The fraction of sp³-hybridized carbons (Fsp3) is 0.429. The third kappa shape index (κ3) is 3.30. The molecule has 1 heterocycles. The fourth-order valence-corrected chi connectivity index (χ4v) is 2.99. The summed E-state index contributed by atoms with van der Waals surface area (Å²) in [7, 11) is 0. The minimum Gasteiger partial charge on any atom is -0.143 e. The van der Waals surface area contributed by atoms with Crippen LogP contribution in [0.1, 0.15) is 41.2 Å². The second kappa shape index (κ2) is 6.30. The molecule has 0 aliphatic carbocycles. The molecule has 0 amide bonds. The van der Waals surface area contributed by atoms with Crippen molar-refractivity contribution in [2.75, 3.05) is 0 Å². The Hall–Kier alpha value is -0.930. The van der Waals surface area contributed by atoms with Crippen LogP contribution < -0.4 is 0 Å². The molecule has 0 fully saturated rings. The van der Waals surface area contributed by atoms with Gasteiger partial charge in [0.2, 0.25) is 0 Å². The summed E-state index contributed by atoms with van der Waals surface area (Å²) in [5, 5.41) is 10.2. The van der Waals surface area contributed by atoms with Crippen LogP contribution in [0.15, 0.2) is 30.3 Å². The predicted octanol–water partition coefficient (Wildman–Crippen LogP) is 4.45. The maximum absolute atomic E-state index is 6.42. The zero-order chi connectivity index (χ0) is 13.0. The molecule has 2 rings (SSSR count). The molecule has 18 heavy (non-hydrogen) atoms. The summed E-state index contributed by atoms with van der Waals surface area (Å²) >= 11 is 8.05. The van der Waals surface area contributed by atoms with Gasteiger partial charge in [-0.05, 0) is 11.5 Å². The third-order valence-electron chi connectivity index (χ3n) is 3.01. The fourth-order valence-electron chi connectivity index (χ4n) is 1.66. The molecule has 0 N–H and O–H groups in total. The van der Waals surface area contributed by atoms with Gasteiger partial charge in [0.15, 0.2) is 0 Å². The van der Waals surface area contributed by atoms with E-state index >= 15 is 0 Å². The molecular weight excluding hydrogens is 264 g/mol. The van der Waals surface area contributed by atoms with Gasteiger partial charge in [-0.3, -0.25) is 0 Å². The highest BCUT2D eigenvalue weighted by Crippen LogP contribution is 2.31. The van der Waals surface area contributed by atoms with Crippen LogP contribution in [-0.4, -0.2) is 10.2 Å². The molecule has 0 spiro atoms. The Balaban J connectivity index is 2.10. The van der Waals surface area contributed by atoms with Gasteiger partial charge in [0.1, 0.15) is 15.4 Å². The quantitative estimate of drug-likeness (QED) is 0.756. The first-order chi connectivity index (χ1) is 8.70. The molecule has 0 aliphatic heterocycles. The smallest absolute Gasteiger partial charge is 0.139 e. The maximum Gasteiger partial charge on any atom is 0.139 e. The highest BCUT2D eigenvalue weighted by Gasteiger charge is 2.16. The van der Waals surface area contributed by atoms with E-state index in [1.54, 1.807) is 11.3 Å². The maximum atomic E-state index is 6.42. The minimum atomic E-state index is -0.186. The summed E-state index contributed by atoms with van der Waals surface area (Å²) in [5.41, 5.74) is 1.07. The average Bonchev–Trinajstić information content (AvgIpc) is 2.87. The zero-order valence-electron chi connectivity index (χ0n) is 10.6. The largest absolute Gasteiger partial charge is 0.143 e. The first-order valence-electron chi connectivity index (χ1n) is 6.22. The first-order valence-corrected chi connectivity index (χ1v) is 7.47. The minimum absolute atomic E-state index is 0.186. The number of hydrogen-bond donors (Lipinski definition) is 0. The van der Waals surface area contributed by atoms with Gasteiger partial charge in [0.25, 0.3) is 0 Å². The van der Waals surface area contributed by atoms with Crippen LogP contribution in [0.4, 0.5) is 0 Å². The van der Waals surface area contributed by atoms with E-state index in [0.29, 0.717) is 5.92 Å². The molecular formula is C14H17ClN2S. The Kier molecular flexibility index (Phi) is 4.72. The van der Waals surface area contributed by atoms with E-state index in [9.17, 15) is 0 Å². The Morgan fingerprint density at radius 2 is 1.94 bits per heavy atom. The molecule has 0 bridgehead atoms. The zero-order valence-corrected chi connectivity index (χ0v) is 12.2. The monoisotopic (exact) mass is 280 g/mol. The predicted molar refractivity (Wildman–Crippen MR) is 77.2 cm³/mol. The number of aromatic nitrogens is 2. The van der Waals surface area contributed by atoms with Crippen molar-refractivity contribution >= 4 is 22.9 Å². The summed E-state index contributed by atoms with van der Waals surface area (Å²) in [6.07, 6.45) is 2.16. The van der Waals surface area contributed by atoms with Crippen LogP contribution in [-0.2, 0) is 6.42 Å². The van der Waals surface area contributed by atoms with Crippen LogP contribution in [0.3, 0.4) is 0 Å². The van der Waals surface area contributed by atoms with Gasteiger partial charge in [-0.25, -0.2) is 0 Å². The van der Waals surface area contributed by atoms with Gasteiger partial charge < -0.3 is 0 Å². The summed E-state index contributed by atoms with van der Waals surface area (Å²) in [5.74, 6) is 0.649. The van der Waals surface area contributed by atoms with E-state index in [0.717, 1.165) is 28.4 Å². The highest BCUT2D eigenvalue weighted by molar-refractivity contribution is 7.11. The number of hydrogen-bond acceptors (Lipinski definition) is 3. The van der Waals surface area contributed by atoms with Crippen LogP contribution in [0.2, 0.25) is 0 Å². The normalized spacial score (nSPS) is 14.4. The number of halogens is 1. The Morgan fingerprint density at radius 1 is 1.22 bits per heavy atom. The first kappa shape index (κ1) is 13.5. The number of alkyl halides is 1. The SMILES string of the molecule is CCC(C)Cc1nnc(C(Cl)c2ccccc2)s1. The van der Waals surface area contributed by atoms with E-state index < -0.39 is 0 Å². The lowest BCUT2D eigenvalue weighted by atomic mass is 10.1. The van der Waals surface area contributed by atoms with Gasteiger partial charge in [-0.2, -0.15) is 0 Å². The van der Waals surface area contributed by atoms with Crippen molar-refractivity contribution in [1.82, 2.24) is 10.2 Å². The van der Waals surface area contributed by atoms with Crippen molar-refractivity contribution in [3.05, 3.63) is 45.9 Å². The molecule has 2 atom stereocenters. The van der Waals surface area contributed by atoms with Gasteiger partial charge in [-0.1, -0.05) is 61.9 Å². The van der Waals surface area contributed by atoms with E-state index in [4.69, 9.17) is 11.6 Å². The number of rotatable bonds is 5. The van der Waals surface area contributed by atoms with Crippen LogP contribution in [0, 0.1) is 5.92 Å². The summed E-state index contributed by atoms with van der Waals surface area (Å²) in [4.78, 5) is 0. The molecule has 4 heteroatoms. The lowest BCUT2D eigenvalue weighted by Crippen LogP contribution is -1.96. The summed E-state index contributed by atoms with van der Waals surface area (Å²) in [6.45, 7) is 4.43. The topological polar surface area (TPSA) is 25.8 Å². The molecule has 96 valence electrons. The van der Waals surface area contributed by atoms with Gasteiger partial charge in [0.05, 0.1) is 0 Å². The Bertz CT molecular complexity index is 484. The molecule has 1 aromatic carbocycles. The number of benzene rings is 1. The summed E-state index contributed by atoms with van der Waals surface area (Å²) in [6, 6.07) is 10.0. The Labute approximate surface area is 117 Å². The van der Waals surface area contributed by atoms with Crippen LogP contribution >= 0.6 is 22.9 Å². The Morgan fingerprint density at radius 3 is 2.61 bits per heavy atom. The lowest BCUT2D eigenvalue weighted by molar-refractivity contribution is 0.556. The lowest BCUT2D eigenvalue weighted by Gasteiger charge is -2.05. The van der Waals surface area contributed by atoms with Crippen LogP contribution in [0.5, 0.6) is 0 Å². The van der Waals surface area contributed by atoms with Crippen molar-refractivity contribution in [2.24, 2.45) is 5.92 Å². The molecule has 0 aliphatic rings. The molecule has 0 radical (unpaired) electrons. The van der Waals surface area contributed by atoms with Gasteiger partial charge in [-0.15, -0.1) is 21.8 Å². The van der Waals surface area contributed by atoms with E-state index in [2.05, 4.69) is 24.0 Å². The molecule has 2 aromatic rings. The van der Waals surface area contributed by atoms with Crippen molar-refractivity contribution in [2.45, 2.75) is 32.1 Å². The van der Waals surface area contributed by atoms with Gasteiger partial charge >= 0.3 is 0 Å². The highest BCUT2D eigenvalue weighted by atomic mass is 35.5. The van der Waals surface area contributed by atoms with E-state index in [1.165, 1.54) is 0 Å². The second-order valence-electron chi connectivity index (χ2n) is 4.52. The van der Waals surface area contributed by atoms with Crippen molar-refractivity contribution in [3.8, 4) is 0 Å². The summed E-state index contributed by atoms with van der Waals surface area (Å²) < 4.78 is 0. The van der Waals surface area contributed by atoms with E-state index in [-0.39, 0.29) is 5.38 Å².